The molecule has 0 aliphatic carbocycles. The molecule has 0 N–H and O–H groups in total. The lowest BCUT2D eigenvalue weighted by molar-refractivity contribution is 0.165. The lowest BCUT2D eigenvalue weighted by Crippen LogP contribution is -2.24. The quantitative estimate of drug-likeness (QED) is 0.257. The summed E-state index contributed by atoms with van der Waals surface area (Å²) in [5.41, 5.74) is 0.601. The third-order valence-electron chi connectivity index (χ3n) is 6.83. The van der Waals surface area contributed by atoms with Crippen LogP contribution in [-0.2, 0) is 0 Å². The van der Waals surface area contributed by atoms with Crippen LogP contribution in [0.5, 0.6) is 0 Å². The van der Waals surface area contributed by atoms with Crippen molar-refractivity contribution >= 4 is 0 Å². The van der Waals surface area contributed by atoms with Crippen LogP contribution in [0.15, 0.2) is 0 Å². The molecule has 0 heterocycles. The summed E-state index contributed by atoms with van der Waals surface area (Å²) in [6, 6.07) is 0. The molecule has 0 nitrogen and oxygen atoms in total. The molecule has 0 spiro atoms. The summed E-state index contributed by atoms with van der Waals surface area (Å²) in [6.45, 7) is 18.7. The molecule has 2 atom stereocenters. The fraction of sp³-hybridized carbons (Fsp3) is 1.00. The zero-order valence-corrected chi connectivity index (χ0v) is 19.6. The summed E-state index contributed by atoms with van der Waals surface area (Å²) in [5.74, 6) is 1.89. The third-order valence-corrected chi connectivity index (χ3v) is 6.83. The highest BCUT2D eigenvalue weighted by Gasteiger charge is 2.26. The van der Waals surface area contributed by atoms with E-state index >= 15 is 0 Å². The van der Waals surface area contributed by atoms with Crippen LogP contribution in [0.1, 0.15) is 145 Å². The molecule has 0 amide bonds. The van der Waals surface area contributed by atoms with Gasteiger partial charge in [0.05, 0.1) is 0 Å². The first-order chi connectivity index (χ1) is 11.9. The van der Waals surface area contributed by atoms with Crippen LogP contribution < -0.4 is 0 Å². The van der Waals surface area contributed by atoms with Gasteiger partial charge in [0.25, 0.3) is 0 Å². The zero-order valence-electron chi connectivity index (χ0n) is 19.6. The molecule has 0 rings (SSSR count). The van der Waals surface area contributed by atoms with Crippen molar-refractivity contribution in [3.63, 3.8) is 0 Å². The molecule has 0 aromatic carbocycles. The first kappa shape index (κ1) is 27.2. The van der Waals surface area contributed by atoms with Gasteiger partial charge < -0.3 is 0 Å². The average Bonchev–Trinajstić information content (AvgIpc) is 2.64. The predicted molar refractivity (Wildman–Crippen MR) is 119 cm³/mol. The molecular formula is C25H54. The molecule has 0 aliphatic heterocycles. The lowest BCUT2D eigenvalue weighted by Gasteiger charge is -2.34. The number of rotatable bonds is 15. The Morgan fingerprint density at radius 2 is 1.16 bits per heavy atom. The largest absolute Gasteiger partial charge is 0.0654 e. The van der Waals surface area contributed by atoms with Crippen LogP contribution in [0.25, 0.3) is 0 Å². The van der Waals surface area contributed by atoms with Gasteiger partial charge in [-0.15, -0.1) is 0 Å². The Bertz CT molecular complexity index is 240. The molecule has 0 aromatic heterocycles. The van der Waals surface area contributed by atoms with Crippen molar-refractivity contribution in [3.8, 4) is 0 Å². The third kappa shape index (κ3) is 14.8. The van der Waals surface area contributed by atoms with Gasteiger partial charge in [0.15, 0.2) is 0 Å². The maximum absolute atomic E-state index is 2.47. The molecule has 0 saturated carbocycles. The Morgan fingerprint density at radius 1 is 0.640 bits per heavy atom. The second-order valence-corrected chi connectivity index (χ2v) is 8.66. The molecule has 0 fully saturated rings. The van der Waals surface area contributed by atoms with Gasteiger partial charge in [-0.2, -0.15) is 0 Å². The SMILES string of the molecule is CCCCCC(C)(CC)C(C)CC.CCCCCCCC(CC)CC. The van der Waals surface area contributed by atoms with Crippen molar-refractivity contribution in [2.75, 3.05) is 0 Å². The normalized spacial score (nSPS) is 14.8. The Balaban J connectivity index is 0. The van der Waals surface area contributed by atoms with Gasteiger partial charge >= 0.3 is 0 Å². The van der Waals surface area contributed by atoms with E-state index in [0.29, 0.717) is 5.41 Å². The highest BCUT2D eigenvalue weighted by atomic mass is 14.3. The van der Waals surface area contributed by atoms with E-state index in [2.05, 4.69) is 55.4 Å². The molecule has 0 aromatic rings. The summed E-state index contributed by atoms with van der Waals surface area (Å²) in [4.78, 5) is 0. The van der Waals surface area contributed by atoms with Crippen LogP contribution in [0, 0.1) is 17.3 Å². The molecule has 0 bridgehead atoms. The van der Waals surface area contributed by atoms with E-state index < -0.39 is 0 Å². The van der Waals surface area contributed by atoms with Gasteiger partial charge in [0.2, 0.25) is 0 Å². The van der Waals surface area contributed by atoms with E-state index in [-0.39, 0.29) is 0 Å². The first-order valence-electron chi connectivity index (χ1n) is 11.9. The smallest absolute Gasteiger partial charge is 0.0303 e. The lowest BCUT2D eigenvalue weighted by atomic mass is 9.71. The van der Waals surface area contributed by atoms with Crippen LogP contribution in [0.4, 0.5) is 0 Å². The minimum atomic E-state index is 0.601. The van der Waals surface area contributed by atoms with Gasteiger partial charge in [-0.25, -0.2) is 0 Å². The maximum Gasteiger partial charge on any atom is -0.0303 e. The Labute approximate surface area is 163 Å². The van der Waals surface area contributed by atoms with Crippen LogP contribution in [-0.4, -0.2) is 0 Å². The van der Waals surface area contributed by atoms with Crippen molar-refractivity contribution in [1.82, 2.24) is 0 Å². The highest BCUT2D eigenvalue weighted by molar-refractivity contribution is 4.77. The Kier molecular flexibility index (Phi) is 20.4. The number of hydrogen-bond donors (Lipinski definition) is 0. The molecule has 0 saturated heterocycles. The summed E-state index contributed by atoms with van der Waals surface area (Å²) in [5, 5.41) is 0. The summed E-state index contributed by atoms with van der Waals surface area (Å²) in [6.07, 6.45) is 19.7. The molecule has 0 aliphatic rings. The first-order valence-corrected chi connectivity index (χ1v) is 11.9. The van der Waals surface area contributed by atoms with Crippen LogP contribution in [0.3, 0.4) is 0 Å². The van der Waals surface area contributed by atoms with Crippen molar-refractivity contribution < 1.29 is 0 Å². The molecular weight excluding hydrogens is 300 g/mol. The maximum atomic E-state index is 2.47. The second-order valence-electron chi connectivity index (χ2n) is 8.66. The molecule has 25 heavy (non-hydrogen) atoms. The molecule has 2 unspecified atom stereocenters. The van der Waals surface area contributed by atoms with Crippen LogP contribution in [0.2, 0.25) is 0 Å². The van der Waals surface area contributed by atoms with E-state index in [0.717, 1.165) is 11.8 Å². The monoisotopic (exact) mass is 354 g/mol. The van der Waals surface area contributed by atoms with E-state index in [4.69, 9.17) is 0 Å². The minimum absolute atomic E-state index is 0.601. The molecule has 0 radical (unpaired) electrons. The van der Waals surface area contributed by atoms with Crippen molar-refractivity contribution in [2.24, 2.45) is 17.3 Å². The van der Waals surface area contributed by atoms with E-state index in [1.165, 1.54) is 89.9 Å². The van der Waals surface area contributed by atoms with Crippen LogP contribution >= 0.6 is 0 Å². The summed E-state index contributed by atoms with van der Waals surface area (Å²) < 4.78 is 0. The van der Waals surface area contributed by atoms with Crippen molar-refractivity contribution in [3.05, 3.63) is 0 Å². The average molecular weight is 355 g/mol. The zero-order chi connectivity index (χ0) is 19.6. The fourth-order valence-corrected chi connectivity index (χ4v) is 3.78. The molecule has 0 heteroatoms. The van der Waals surface area contributed by atoms with E-state index in [1.54, 1.807) is 0 Å². The molecule has 154 valence electrons. The van der Waals surface area contributed by atoms with Crippen molar-refractivity contribution in [1.29, 1.82) is 0 Å². The van der Waals surface area contributed by atoms with Gasteiger partial charge in [0.1, 0.15) is 0 Å². The standard InChI is InChI=1S/C13H28.C12H26/c1-6-9-10-11-13(5,8-3)12(4)7-2;1-4-7-8-9-10-11-12(5-2)6-3/h12H,6-11H2,1-5H3;12H,4-11H2,1-3H3. The van der Waals surface area contributed by atoms with Crippen molar-refractivity contribution in [2.45, 2.75) is 145 Å². The van der Waals surface area contributed by atoms with Gasteiger partial charge in [-0.3, -0.25) is 0 Å². The summed E-state index contributed by atoms with van der Waals surface area (Å²) in [7, 11) is 0. The second kappa shape index (κ2) is 18.8. The Hall–Kier alpha value is 0. The number of hydrogen-bond acceptors (Lipinski definition) is 0. The highest BCUT2D eigenvalue weighted by Crippen LogP contribution is 2.38. The minimum Gasteiger partial charge on any atom is -0.0654 e. The van der Waals surface area contributed by atoms with E-state index in [1.807, 2.05) is 0 Å². The van der Waals surface area contributed by atoms with E-state index in [9.17, 15) is 0 Å². The summed E-state index contributed by atoms with van der Waals surface area (Å²) >= 11 is 0. The van der Waals surface area contributed by atoms with Gasteiger partial charge in [0, 0.05) is 0 Å². The predicted octanol–water partition coefficient (Wildman–Crippen LogP) is 9.81. The van der Waals surface area contributed by atoms with Gasteiger partial charge in [-0.1, -0.05) is 139 Å². The number of unbranched alkanes of at least 4 members (excludes halogenated alkanes) is 6. The van der Waals surface area contributed by atoms with Gasteiger partial charge in [-0.05, 0) is 23.7 Å². The Morgan fingerprint density at radius 3 is 1.60 bits per heavy atom. The fourth-order valence-electron chi connectivity index (χ4n) is 3.78. The topological polar surface area (TPSA) is 0 Å².